The Hall–Kier alpha value is -1.42. The Labute approximate surface area is 137 Å². The normalized spacial score (nSPS) is 10.3. The molecule has 2 rings (SSSR count). The third-order valence-electron chi connectivity index (χ3n) is 2.79. The van der Waals surface area contributed by atoms with Crippen LogP contribution in [-0.2, 0) is 11.3 Å². The van der Waals surface area contributed by atoms with Crippen LogP contribution in [0, 0.1) is 0 Å². The van der Waals surface area contributed by atoms with Crippen LogP contribution < -0.4 is 5.32 Å². The first-order chi connectivity index (χ1) is 9.99. The van der Waals surface area contributed by atoms with Gasteiger partial charge in [0.15, 0.2) is 0 Å². The molecule has 0 amide bonds. The lowest BCUT2D eigenvalue weighted by molar-refractivity contribution is 0.0602. The van der Waals surface area contributed by atoms with Gasteiger partial charge in [0.1, 0.15) is 0 Å². The van der Waals surface area contributed by atoms with Crippen molar-refractivity contribution in [1.82, 2.24) is 0 Å². The van der Waals surface area contributed by atoms with E-state index in [1.54, 1.807) is 36.4 Å². The molecular formula is C15H12Cl3NO2. The van der Waals surface area contributed by atoms with Crippen molar-refractivity contribution in [1.29, 1.82) is 0 Å². The Bertz CT molecular complexity index is 654. The second-order valence-electron chi connectivity index (χ2n) is 4.31. The molecule has 0 saturated carbocycles. The first kappa shape index (κ1) is 16.0. The van der Waals surface area contributed by atoms with E-state index in [0.29, 0.717) is 32.9 Å². The summed E-state index contributed by atoms with van der Waals surface area (Å²) < 4.78 is 4.74. The number of hydrogen-bond donors (Lipinski definition) is 1. The van der Waals surface area contributed by atoms with Gasteiger partial charge in [-0.05, 0) is 42.0 Å². The number of rotatable bonds is 4. The van der Waals surface area contributed by atoms with Crippen LogP contribution in [0.5, 0.6) is 0 Å². The van der Waals surface area contributed by atoms with E-state index in [-0.39, 0.29) is 0 Å². The minimum absolute atomic E-state index is 0.373. The van der Waals surface area contributed by atoms with Gasteiger partial charge in [-0.25, -0.2) is 4.79 Å². The Morgan fingerprint density at radius 3 is 2.33 bits per heavy atom. The Morgan fingerprint density at radius 1 is 1.05 bits per heavy atom. The summed E-state index contributed by atoms with van der Waals surface area (Å²) in [6.07, 6.45) is 0. The average Bonchev–Trinajstić information content (AvgIpc) is 2.44. The van der Waals surface area contributed by atoms with Crippen LogP contribution in [0.2, 0.25) is 15.1 Å². The van der Waals surface area contributed by atoms with Crippen molar-refractivity contribution in [2.45, 2.75) is 6.54 Å². The highest BCUT2D eigenvalue weighted by atomic mass is 35.5. The SMILES string of the molecule is COC(=O)c1cc(Cl)ccc1NCc1cc(Cl)cc(Cl)c1. The van der Waals surface area contributed by atoms with Gasteiger partial charge in [0, 0.05) is 27.3 Å². The van der Waals surface area contributed by atoms with E-state index in [4.69, 9.17) is 39.5 Å². The predicted octanol–water partition coefficient (Wildman–Crippen LogP) is 5.05. The molecule has 0 aliphatic carbocycles. The molecular weight excluding hydrogens is 333 g/mol. The van der Waals surface area contributed by atoms with Crippen LogP contribution in [0.3, 0.4) is 0 Å². The Kier molecular flexibility index (Phi) is 5.34. The number of carbonyl (C=O) groups is 1. The molecule has 0 bridgehead atoms. The fourth-order valence-corrected chi connectivity index (χ4v) is 2.60. The highest BCUT2D eigenvalue weighted by Gasteiger charge is 2.12. The van der Waals surface area contributed by atoms with E-state index in [0.717, 1.165) is 5.56 Å². The molecule has 0 radical (unpaired) electrons. The number of anilines is 1. The number of hydrogen-bond acceptors (Lipinski definition) is 3. The molecule has 0 spiro atoms. The van der Waals surface area contributed by atoms with Crippen LogP contribution in [0.25, 0.3) is 0 Å². The van der Waals surface area contributed by atoms with E-state index in [1.165, 1.54) is 7.11 Å². The van der Waals surface area contributed by atoms with Gasteiger partial charge in [-0.15, -0.1) is 0 Å². The van der Waals surface area contributed by atoms with Gasteiger partial charge in [-0.3, -0.25) is 0 Å². The number of methoxy groups -OCH3 is 1. The molecule has 0 atom stereocenters. The first-order valence-electron chi connectivity index (χ1n) is 6.06. The predicted molar refractivity (Wildman–Crippen MR) is 86.6 cm³/mol. The van der Waals surface area contributed by atoms with Crippen LogP contribution in [0.1, 0.15) is 15.9 Å². The van der Waals surface area contributed by atoms with E-state index in [2.05, 4.69) is 5.32 Å². The molecule has 1 N–H and O–H groups in total. The maximum atomic E-state index is 11.7. The van der Waals surface area contributed by atoms with Gasteiger partial charge in [-0.2, -0.15) is 0 Å². The van der Waals surface area contributed by atoms with Gasteiger partial charge in [0.05, 0.1) is 12.7 Å². The monoisotopic (exact) mass is 343 g/mol. The summed E-state index contributed by atoms with van der Waals surface area (Å²) in [5.74, 6) is -0.455. The second kappa shape index (κ2) is 7.03. The summed E-state index contributed by atoms with van der Waals surface area (Å²) in [5, 5.41) is 4.73. The van der Waals surface area contributed by atoms with Crippen molar-refractivity contribution >= 4 is 46.5 Å². The van der Waals surface area contributed by atoms with Crippen LogP contribution in [0.15, 0.2) is 36.4 Å². The third kappa shape index (κ3) is 4.27. The van der Waals surface area contributed by atoms with Gasteiger partial charge in [-0.1, -0.05) is 34.8 Å². The van der Waals surface area contributed by atoms with Crippen molar-refractivity contribution in [2.75, 3.05) is 12.4 Å². The molecule has 3 nitrogen and oxygen atoms in total. The Balaban J connectivity index is 2.21. The standard InChI is InChI=1S/C15H12Cl3NO2/c1-21-15(20)13-7-10(16)2-3-14(13)19-8-9-4-11(17)6-12(18)5-9/h2-7,19H,8H2,1H3. The number of ether oxygens (including phenoxy) is 1. The van der Waals surface area contributed by atoms with E-state index < -0.39 is 5.97 Å². The molecule has 0 saturated heterocycles. The van der Waals surface area contributed by atoms with Gasteiger partial charge < -0.3 is 10.1 Å². The average molecular weight is 345 g/mol. The topological polar surface area (TPSA) is 38.3 Å². The minimum Gasteiger partial charge on any atom is -0.465 e. The highest BCUT2D eigenvalue weighted by Crippen LogP contribution is 2.24. The van der Waals surface area contributed by atoms with Gasteiger partial charge in [0.2, 0.25) is 0 Å². The lowest BCUT2D eigenvalue weighted by Gasteiger charge is -2.11. The fourth-order valence-electron chi connectivity index (χ4n) is 1.86. The minimum atomic E-state index is -0.455. The molecule has 2 aromatic rings. The molecule has 2 aromatic carbocycles. The second-order valence-corrected chi connectivity index (χ2v) is 5.62. The number of halogens is 3. The maximum Gasteiger partial charge on any atom is 0.340 e. The summed E-state index contributed by atoms with van der Waals surface area (Å²) >= 11 is 17.8. The van der Waals surface area contributed by atoms with Crippen molar-refractivity contribution in [3.8, 4) is 0 Å². The maximum absolute atomic E-state index is 11.7. The summed E-state index contributed by atoms with van der Waals surface area (Å²) in [5.41, 5.74) is 1.90. The summed E-state index contributed by atoms with van der Waals surface area (Å²) in [6, 6.07) is 10.2. The number of esters is 1. The molecule has 21 heavy (non-hydrogen) atoms. The molecule has 0 heterocycles. The van der Waals surface area contributed by atoms with Gasteiger partial charge in [0.25, 0.3) is 0 Å². The molecule has 0 aliphatic heterocycles. The summed E-state index contributed by atoms with van der Waals surface area (Å²) in [6.45, 7) is 0.464. The molecule has 0 aliphatic rings. The molecule has 0 aromatic heterocycles. The smallest absolute Gasteiger partial charge is 0.340 e. The van der Waals surface area contributed by atoms with E-state index in [1.807, 2.05) is 0 Å². The lowest BCUT2D eigenvalue weighted by Crippen LogP contribution is -2.08. The lowest BCUT2D eigenvalue weighted by atomic mass is 10.1. The highest BCUT2D eigenvalue weighted by molar-refractivity contribution is 6.34. The molecule has 0 unspecified atom stereocenters. The summed E-state index contributed by atoms with van der Waals surface area (Å²) in [7, 11) is 1.32. The zero-order valence-corrected chi connectivity index (χ0v) is 13.4. The van der Waals surface area contributed by atoms with E-state index in [9.17, 15) is 4.79 Å². The number of benzene rings is 2. The Morgan fingerprint density at radius 2 is 1.71 bits per heavy atom. The summed E-state index contributed by atoms with van der Waals surface area (Å²) in [4.78, 5) is 11.7. The third-order valence-corrected chi connectivity index (χ3v) is 3.46. The molecule has 110 valence electrons. The number of carbonyl (C=O) groups excluding carboxylic acids is 1. The first-order valence-corrected chi connectivity index (χ1v) is 7.19. The largest absolute Gasteiger partial charge is 0.465 e. The quantitative estimate of drug-likeness (QED) is 0.789. The van der Waals surface area contributed by atoms with E-state index >= 15 is 0 Å². The van der Waals surface area contributed by atoms with Crippen LogP contribution in [-0.4, -0.2) is 13.1 Å². The zero-order chi connectivity index (χ0) is 15.4. The fraction of sp³-hybridized carbons (Fsp3) is 0.133. The number of nitrogens with one attached hydrogen (secondary N) is 1. The van der Waals surface area contributed by atoms with Crippen molar-refractivity contribution in [2.24, 2.45) is 0 Å². The van der Waals surface area contributed by atoms with Crippen molar-refractivity contribution < 1.29 is 9.53 Å². The zero-order valence-electron chi connectivity index (χ0n) is 11.1. The van der Waals surface area contributed by atoms with Gasteiger partial charge >= 0.3 is 5.97 Å². The van der Waals surface area contributed by atoms with Crippen molar-refractivity contribution in [3.05, 3.63) is 62.6 Å². The molecule has 0 fully saturated rings. The van der Waals surface area contributed by atoms with Crippen LogP contribution in [0.4, 0.5) is 5.69 Å². The molecule has 6 heteroatoms. The van der Waals surface area contributed by atoms with Crippen LogP contribution >= 0.6 is 34.8 Å². The van der Waals surface area contributed by atoms with Crippen molar-refractivity contribution in [3.63, 3.8) is 0 Å².